The van der Waals surface area contributed by atoms with Gasteiger partial charge in [-0.05, 0) is 48.2 Å². The Labute approximate surface area is 231 Å². The van der Waals surface area contributed by atoms with Gasteiger partial charge in [-0.2, -0.15) is 0 Å². The van der Waals surface area contributed by atoms with Crippen molar-refractivity contribution in [2.75, 3.05) is 22.8 Å². The number of thiazole rings is 1. The Hall–Kier alpha value is -4.02. The number of amides is 1. The molecule has 39 heavy (non-hydrogen) atoms. The maximum Gasteiger partial charge on any atom is 0.338 e. The van der Waals surface area contributed by atoms with Gasteiger partial charge in [-0.1, -0.05) is 61.9 Å². The normalized spacial score (nSPS) is 12.7. The summed E-state index contributed by atoms with van der Waals surface area (Å²) in [5, 5.41) is 4.88. The molecular formula is C29H27N3O5S2. The maximum absolute atomic E-state index is 13.3. The fourth-order valence-corrected chi connectivity index (χ4v) is 6.72. The average molecular weight is 562 g/mol. The molecule has 0 bridgehead atoms. The number of nitrogens with zero attached hydrogens (tertiary/aromatic N) is 2. The molecule has 1 aliphatic heterocycles. The summed E-state index contributed by atoms with van der Waals surface area (Å²) in [5.74, 6) is -1.34. The highest BCUT2D eigenvalue weighted by atomic mass is 32.2. The van der Waals surface area contributed by atoms with E-state index in [0.29, 0.717) is 23.8 Å². The number of carbonyl (C=O) groups excluding carboxylic acids is 2. The molecule has 0 saturated heterocycles. The van der Waals surface area contributed by atoms with E-state index in [-0.39, 0.29) is 10.5 Å². The molecular weight excluding hydrogens is 534 g/mol. The predicted octanol–water partition coefficient (Wildman–Crippen LogP) is 5.31. The molecule has 3 aromatic carbocycles. The van der Waals surface area contributed by atoms with Gasteiger partial charge in [-0.3, -0.25) is 14.4 Å². The highest BCUT2D eigenvalue weighted by molar-refractivity contribution is 7.92. The van der Waals surface area contributed by atoms with Crippen LogP contribution < -0.4 is 9.62 Å². The monoisotopic (exact) mass is 561 g/mol. The van der Waals surface area contributed by atoms with Crippen LogP contribution in [0.2, 0.25) is 0 Å². The average Bonchev–Trinajstić information content (AvgIpc) is 3.60. The Bertz CT molecular complexity index is 1610. The number of sulfonamides is 1. The second kappa shape index (κ2) is 11.4. The third kappa shape index (κ3) is 5.86. The summed E-state index contributed by atoms with van der Waals surface area (Å²) in [4.78, 5) is 29.5. The molecule has 1 aliphatic rings. The van der Waals surface area contributed by atoms with Gasteiger partial charge in [0.05, 0.1) is 21.8 Å². The number of hydrogen-bond donors (Lipinski definition) is 1. The van der Waals surface area contributed by atoms with Crippen molar-refractivity contribution in [3.63, 3.8) is 0 Å². The molecule has 0 unspecified atom stereocenters. The fourth-order valence-electron chi connectivity index (χ4n) is 4.43. The van der Waals surface area contributed by atoms with Gasteiger partial charge in [0, 0.05) is 17.5 Å². The van der Waals surface area contributed by atoms with E-state index >= 15 is 0 Å². The lowest BCUT2D eigenvalue weighted by Gasteiger charge is -2.19. The summed E-state index contributed by atoms with van der Waals surface area (Å²) in [5.41, 5.74) is 4.59. The zero-order valence-electron chi connectivity index (χ0n) is 21.3. The fraction of sp³-hybridized carbons (Fsp3) is 0.207. The van der Waals surface area contributed by atoms with Gasteiger partial charge in [0.15, 0.2) is 11.7 Å². The molecule has 0 atom stereocenters. The van der Waals surface area contributed by atoms with E-state index in [1.807, 2.05) is 29.6 Å². The predicted molar refractivity (Wildman–Crippen MR) is 152 cm³/mol. The number of aromatic nitrogens is 1. The van der Waals surface area contributed by atoms with Crippen molar-refractivity contribution in [3.8, 4) is 11.3 Å². The summed E-state index contributed by atoms with van der Waals surface area (Å²) in [6.45, 7) is 1.94. The van der Waals surface area contributed by atoms with E-state index in [0.717, 1.165) is 29.7 Å². The first-order chi connectivity index (χ1) is 18.8. The molecule has 2 heterocycles. The van der Waals surface area contributed by atoms with E-state index in [1.54, 1.807) is 12.1 Å². The highest BCUT2D eigenvalue weighted by Crippen LogP contribution is 2.33. The third-order valence-corrected chi connectivity index (χ3v) is 8.94. The van der Waals surface area contributed by atoms with Crippen molar-refractivity contribution >= 4 is 44.1 Å². The van der Waals surface area contributed by atoms with Crippen molar-refractivity contribution in [2.24, 2.45) is 0 Å². The van der Waals surface area contributed by atoms with Crippen LogP contribution in [0.4, 0.5) is 10.8 Å². The molecule has 4 aromatic rings. The van der Waals surface area contributed by atoms with Crippen molar-refractivity contribution in [1.82, 2.24) is 4.98 Å². The molecule has 5 rings (SSSR count). The van der Waals surface area contributed by atoms with E-state index in [1.165, 1.54) is 45.5 Å². The van der Waals surface area contributed by atoms with Crippen LogP contribution in [0, 0.1) is 0 Å². The first-order valence-corrected chi connectivity index (χ1v) is 14.9. The zero-order valence-corrected chi connectivity index (χ0v) is 22.9. The van der Waals surface area contributed by atoms with Gasteiger partial charge < -0.3 is 4.74 Å². The number of hydrogen-bond acceptors (Lipinski definition) is 7. The number of aryl methyl sites for hydroxylation is 1. The standard InChI is InChI=1S/C29H27N3O5S2/c1-2-6-20-11-13-21(14-12-20)25-19-38-29(30-25)31-27(33)18-37-28(34)23-8-5-9-24(17-23)39(35,36)32-16-15-22-7-3-4-10-26(22)32/h3-5,7-14,17,19H,2,6,15-16,18H2,1H3,(H,30,31,33). The number of ether oxygens (including phenoxy) is 1. The lowest BCUT2D eigenvalue weighted by Crippen LogP contribution is -2.29. The summed E-state index contributed by atoms with van der Waals surface area (Å²) in [7, 11) is -3.87. The molecule has 0 radical (unpaired) electrons. The summed E-state index contributed by atoms with van der Waals surface area (Å²) >= 11 is 1.27. The van der Waals surface area contributed by atoms with Crippen LogP contribution in [0.1, 0.15) is 34.8 Å². The van der Waals surface area contributed by atoms with Crippen LogP contribution in [-0.2, 0) is 32.4 Å². The number of rotatable bonds is 9. The number of esters is 1. The Morgan fingerprint density at radius 2 is 1.85 bits per heavy atom. The summed E-state index contributed by atoms with van der Waals surface area (Å²) < 4.78 is 33.1. The van der Waals surface area contributed by atoms with Gasteiger partial charge >= 0.3 is 5.97 Å². The van der Waals surface area contributed by atoms with Gasteiger partial charge in [0.2, 0.25) is 0 Å². The van der Waals surface area contributed by atoms with Crippen LogP contribution in [0.3, 0.4) is 0 Å². The van der Waals surface area contributed by atoms with Crippen molar-refractivity contribution in [1.29, 1.82) is 0 Å². The lowest BCUT2D eigenvalue weighted by atomic mass is 10.1. The van der Waals surface area contributed by atoms with E-state index in [2.05, 4.69) is 29.4 Å². The first kappa shape index (κ1) is 26.6. The largest absolute Gasteiger partial charge is 0.452 e. The first-order valence-electron chi connectivity index (χ1n) is 12.6. The maximum atomic E-state index is 13.3. The van der Waals surface area contributed by atoms with Gasteiger partial charge in [0.25, 0.3) is 15.9 Å². The number of fused-ring (bicyclic) bond motifs is 1. The molecule has 10 heteroatoms. The Morgan fingerprint density at radius 1 is 1.05 bits per heavy atom. The third-order valence-electron chi connectivity index (χ3n) is 6.38. The molecule has 200 valence electrons. The second-order valence-corrected chi connectivity index (χ2v) is 11.8. The van der Waals surface area contributed by atoms with Gasteiger partial charge in [-0.25, -0.2) is 18.2 Å². The quantitative estimate of drug-likeness (QED) is 0.278. The molecule has 0 fully saturated rings. The van der Waals surface area contributed by atoms with Crippen LogP contribution >= 0.6 is 11.3 Å². The van der Waals surface area contributed by atoms with E-state index in [4.69, 9.17) is 4.74 Å². The summed E-state index contributed by atoms with van der Waals surface area (Å²) in [6.07, 6.45) is 2.72. The van der Waals surface area contributed by atoms with E-state index in [9.17, 15) is 18.0 Å². The molecule has 1 amide bonds. The molecule has 0 spiro atoms. The van der Waals surface area contributed by atoms with Gasteiger partial charge in [-0.15, -0.1) is 11.3 Å². The Kier molecular flexibility index (Phi) is 7.76. The van der Waals surface area contributed by atoms with Crippen molar-refractivity contribution in [2.45, 2.75) is 31.1 Å². The number of para-hydroxylation sites is 1. The van der Waals surface area contributed by atoms with Crippen molar-refractivity contribution < 1.29 is 22.7 Å². The molecule has 0 aliphatic carbocycles. The van der Waals surface area contributed by atoms with Gasteiger partial charge in [0.1, 0.15) is 0 Å². The zero-order chi connectivity index (χ0) is 27.4. The SMILES string of the molecule is CCCc1ccc(-c2csc(NC(=O)COC(=O)c3cccc(S(=O)(=O)N4CCc5ccccc54)c3)n2)cc1. The minimum absolute atomic E-state index is 0.0175. The molecule has 8 nitrogen and oxygen atoms in total. The molecule has 0 saturated carbocycles. The second-order valence-electron chi connectivity index (χ2n) is 9.09. The Balaban J connectivity index is 1.19. The van der Waals surface area contributed by atoms with Crippen LogP contribution in [0.15, 0.2) is 83.1 Å². The topological polar surface area (TPSA) is 106 Å². The molecule has 1 aromatic heterocycles. The van der Waals surface area contributed by atoms with Crippen LogP contribution in [-0.4, -0.2) is 38.4 Å². The number of anilines is 2. The highest BCUT2D eigenvalue weighted by Gasteiger charge is 2.31. The summed E-state index contributed by atoms with van der Waals surface area (Å²) in [6, 6.07) is 21.1. The van der Waals surface area contributed by atoms with Crippen molar-refractivity contribution in [3.05, 3.63) is 94.9 Å². The minimum Gasteiger partial charge on any atom is -0.452 e. The number of carbonyl (C=O) groups is 2. The Morgan fingerprint density at radius 3 is 2.64 bits per heavy atom. The molecule has 1 N–H and O–H groups in total. The minimum atomic E-state index is -3.87. The van der Waals surface area contributed by atoms with E-state index < -0.39 is 28.5 Å². The lowest BCUT2D eigenvalue weighted by molar-refractivity contribution is -0.119. The van der Waals surface area contributed by atoms with Crippen LogP contribution in [0.25, 0.3) is 11.3 Å². The smallest absolute Gasteiger partial charge is 0.338 e. The van der Waals surface area contributed by atoms with Crippen LogP contribution in [0.5, 0.6) is 0 Å². The number of nitrogens with one attached hydrogen (secondary N) is 1. The number of benzene rings is 3.